The molecule has 0 radical (unpaired) electrons. The number of aryl methyl sites for hydroxylation is 1. The highest BCUT2D eigenvalue weighted by molar-refractivity contribution is 5.17. The molecule has 1 N–H and O–H groups in total. The predicted molar refractivity (Wildman–Crippen MR) is 41.8 cm³/mol. The fourth-order valence-electron chi connectivity index (χ4n) is 0.978. The van der Waals surface area contributed by atoms with E-state index in [9.17, 15) is 8.78 Å². The summed E-state index contributed by atoms with van der Waals surface area (Å²) in [5.41, 5.74) is 0.711. The van der Waals surface area contributed by atoms with Crippen molar-refractivity contribution in [1.29, 1.82) is 0 Å². The number of aliphatic hydroxyl groups is 1. The molecule has 0 saturated heterocycles. The fourth-order valence-corrected chi connectivity index (χ4v) is 0.978. The summed E-state index contributed by atoms with van der Waals surface area (Å²) in [4.78, 5) is 0. The van der Waals surface area contributed by atoms with Crippen molar-refractivity contribution in [3.63, 3.8) is 0 Å². The third-order valence-electron chi connectivity index (χ3n) is 1.61. The Kier molecular flexibility index (Phi) is 3.17. The van der Waals surface area contributed by atoms with Crippen LogP contribution in [0.1, 0.15) is 12.0 Å². The van der Waals surface area contributed by atoms with Gasteiger partial charge in [-0.2, -0.15) is 0 Å². The summed E-state index contributed by atoms with van der Waals surface area (Å²) in [5.74, 6) is -1.66. The zero-order valence-electron chi connectivity index (χ0n) is 6.56. The molecule has 0 unspecified atom stereocenters. The molecule has 0 bridgehead atoms. The monoisotopic (exact) mass is 172 g/mol. The standard InChI is InChI=1S/C9H10F2O/c10-8-4-3-7(2-1-5-12)6-9(8)11/h3-4,6,12H,1-2,5H2. The number of halogens is 2. The van der Waals surface area contributed by atoms with Crippen LogP contribution < -0.4 is 0 Å². The lowest BCUT2D eigenvalue weighted by Crippen LogP contribution is -1.92. The number of aliphatic hydroxyl groups excluding tert-OH is 1. The van der Waals surface area contributed by atoms with Crippen molar-refractivity contribution in [2.75, 3.05) is 6.61 Å². The summed E-state index contributed by atoms with van der Waals surface area (Å²) in [7, 11) is 0. The largest absolute Gasteiger partial charge is 0.396 e. The van der Waals surface area contributed by atoms with Gasteiger partial charge in [0.05, 0.1) is 0 Å². The van der Waals surface area contributed by atoms with E-state index in [4.69, 9.17) is 5.11 Å². The normalized spacial score (nSPS) is 10.2. The molecule has 0 saturated carbocycles. The molecule has 0 spiro atoms. The second-order valence-electron chi connectivity index (χ2n) is 2.58. The Morgan fingerprint density at radius 1 is 1.17 bits per heavy atom. The zero-order chi connectivity index (χ0) is 8.97. The summed E-state index contributed by atoms with van der Waals surface area (Å²) >= 11 is 0. The van der Waals surface area contributed by atoms with Crippen molar-refractivity contribution in [3.8, 4) is 0 Å². The highest BCUT2D eigenvalue weighted by atomic mass is 19.2. The predicted octanol–water partition coefficient (Wildman–Crippen LogP) is 1.89. The van der Waals surface area contributed by atoms with E-state index in [-0.39, 0.29) is 6.61 Å². The van der Waals surface area contributed by atoms with E-state index in [2.05, 4.69) is 0 Å². The van der Waals surface area contributed by atoms with Crippen LogP contribution in [0.2, 0.25) is 0 Å². The summed E-state index contributed by atoms with van der Waals surface area (Å²) in [6, 6.07) is 3.78. The fraction of sp³-hybridized carbons (Fsp3) is 0.333. The van der Waals surface area contributed by atoms with Crippen LogP contribution in [0.4, 0.5) is 8.78 Å². The van der Waals surface area contributed by atoms with Gasteiger partial charge >= 0.3 is 0 Å². The molecule has 0 aromatic heterocycles. The van der Waals surface area contributed by atoms with Gasteiger partial charge in [-0.25, -0.2) is 8.78 Å². The first kappa shape index (κ1) is 9.13. The van der Waals surface area contributed by atoms with Crippen LogP contribution in [0.25, 0.3) is 0 Å². The van der Waals surface area contributed by atoms with Gasteiger partial charge in [0.1, 0.15) is 0 Å². The number of hydrogen-bond donors (Lipinski definition) is 1. The second kappa shape index (κ2) is 4.16. The zero-order valence-corrected chi connectivity index (χ0v) is 6.56. The first-order valence-corrected chi connectivity index (χ1v) is 3.79. The van der Waals surface area contributed by atoms with Crippen LogP contribution in [-0.4, -0.2) is 11.7 Å². The van der Waals surface area contributed by atoms with E-state index in [1.807, 2.05) is 0 Å². The Balaban J connectivity index is 2.69. The van der Waals surface area contributed by atoms with Crippen molar-refractivity contribution in [3.05, 3.63) is 35.4 Å². The van der Waals surface area contributed by atoms with Crippen molar-refractivity contribution in [2.45, 2.75) is 12.8 Å². The van der Waals surface area contributed by atoms with Gasteiger partial charge in [-0.1, -0.05) is 6.07 Å². The van der Waals surface area contributed by atoms with Crippen LogP contribution >= 0.6 is 0 Å². The van der Waals surface area contributed by atoms with Crippen LogP contribution in [-0.2, 0) is 6.42 Å². The molecule has 0 atom stereocenters. The summed E-state index contributed by atoms with van der Waals surface area (Å²) in [5, 5.41) is 8.48. The maximum atomic E-state index is 12.6. The quantitative estimate of drug-likeness (QED) is 0.738. The molecule has 0 amide bonds. The van der Waals surface area contributed by atoms with Gasteiger partial charge in [0.25, 0.3) is 0 Å². The Morgan fingerprint density at radius 3 is 2.50 bits per heavy atom. The van der Waals surface area contributed by atoms with Crippen molar-refractivity contribution in [1.82, 2.24) is 0 Å². The third-order valence-corrected chi connectivity index (χ3v) is 1.61. The lowest BCUT2D eigenvalue weighted by atomic mass is 10.1. The molecule has 12 heavy (non-hydrogen) atoms. The lowest BCUT2D eigenvalue weighted by Gasteiger charge is -1.99. The minimum Gasteiger partial charge on any atom is -0.396 e. The van der Waals surface area contributed by atoms with Crippen molar-refractivity contribution in [2.24, 2.45) is 0 Å². The molecule has 3 heteroatoms. The molecule has 0 aliphatic rings. The molecular formula is C9H10F2O. The van der Waals surface area contributed by atoms with Gasteiger partial charge in [0, 0.05) is 6.61 Å². The minimum atomic E-state index is -0.831. The first-order valence-electron chi connectivity index (χ1n) is 3.79. The topological polar surface area (TPSA) is 20.2 Å². The lowest BCUT2D eigenvalue weighted by molar-refractivity contribution is 0.288. The first-order chi connectivity index (χ1) is 5.74. The number of hydrogen-bond acceptors (Lipinski definition) is 1. The Morgan fingerprint density at radius 2 is 1.92 bits per heavy atom. The minimum absolute atomic E-state index is 0.0684. The third kappa shape index (κ3) is 2.27. The summed E-state index contributed by atoms with van der Waals surface area (Å²) < 4.78 is 25.0. The molecule has 0 aliphatic heterocycles. The molecule has 0 fully saturated rings. The van der Waals surface area contributed by atoms with Crippen molar-refractivity contribution < 1.29 is 13.9 Å². The highest BCUT2D eigenvalue weighted by Gasteiger charge is 2.01. The van der Waals surface area contributed by atoms with Crippen LogP contribution in [0.15, 0.2) is 18.2 Å². The molecule has 1 rings (SSSR count). The van der Waals surface area contributed by atoms with Gasteiger partial charge in [0.2, 0.25) is 0 Å². The van der Waals surface area contributed by atoms with E-state index in [0.29, 0.717) is 18.4 Å². The molecule has 1 aromatic rings. The van der Waals surface area contributed by atoms with Gasteiger partial charge < -0.3 is 5.11 Å². The van der Waals surface area contributed by atoms with Crippen molar-refractivity contribution >= 4 is 0 Å². The number of rotatable bonds is 3. The SMILES string of the molecule is OCCCc1ccc(F)c(F)c1. The van der Waals surface area contributed by atoms with E-state index < -0.39 is 11.6 Å². The maximum absolute atomic E-state index is 12.6. The Hall–Kier alpha value is -0.960. The highest BCUT2D eigenvalue weighted by Crippen LogP contribution is 2.09. The van der Waals surface area contributed by atoms with Gasteiger partial charge in [0.15, 0.2) is 11.6 Å². The van der Waals surface area contributed by atoms with Gasteiger partial charge in [-0.05, 0) is 30.5 Å². The molecule has 66 valence electrons. The maximum Gasteiger partial charge on any atom is 0.159 e. The molecule has 1 aromatic carbocycles. The summed E-state index contributed by atoms with van der Waals surface area (Å²) in [6.45, 7) is 0.0684. The molecular weight excluding hydrogens is 162 g/mol. The van der Waals surface area contributed by atoms with E-state index in [1.54, 1.807) is 0 Å². The van der Waals surface area contributed by atoms with Crippen LogP contribution in [0.3, 0.4) is 0 Å². The molecule has 1 nitrogen and oxygen atoms in total. The van der Waals surface area contributed by atoms with Crippen LogP contribution in [0.5, 0.6) is 0 Å². The van der Waals surface area contributed by atoms with E-state index >= 15 is 0 Å². The average Bonchev–Trinajstić information content (AvgIpc) is 2.07. The van der Waals surface area contributed by atoms with E-state index in [0.717, 1.165) is 12.1 Å². The Labute approximate surface area is 69.7 Å². The van der Waals surface area contributed by atoms with Gasteiger partial charge in [-0.15, -0.1) is 0 Å². The van der Waals surface area contributed by atoms with Crippen LogP contribution in [0, 0.1) is 11.6 Å². The number of benzene rings is 1. The second-order valence-corrected chi connectivity index (χ2v) is 2.58. The average molecular weight is 172 g/mol. The molecule has 0 heterocycles. The van der Waals surface area contributed by atoms with E-state index in [1.165, 1.54) is 6.07 Å². The molecule has 0 aliphatic carbocycles. The van der Waals surface area contributed by atoms with Gasteiger partial charge in [-0.3, -0.25) is 0 Å². The summed E-state index contributed by atoms with van der Waals surface area (Å²) in [6.07, 6.45) is 1.15. The Bertz CT molecular complexity index is 261. The smallest absolute Gasteiger partial charge is 0.159 e.